The molecule has 5 atom stereocenters. The zero-order chi connectivity index (χ0) is 17.8. The summed E-state index contributed by atoms with van der Waals surface area (Å²) in [6, 6.07) is 0.00292. The fourth-order valence-electron chi connectivity index (χ4n) is 4.82. The minimum Gasteiger partial charge on any atom is -0.435 e. The molecule has 3 heterocycles. The molecule has 1 aliphatic carbocycles. The first-order valence-corrected chi connectivity index (χ1v) is 11.5. The molecule has 25 heavy (non-hydrogen) atoms. The lowest BCUT2D eigenvalue weighted by molar-refractivity contribution is -0.159. The molecule has 3 aliphatic heterocycles. The highest BCUT2D eigenvalue weighted by molar-refractivity contribution is 8.03. The average Bonchev–Trinajstić information content (AvgIpc) is 3.19. The van der Waals surface area contributed by atoms with E-state index in [2.05, 4.69) is 6.58 Å². The molecule has 0 aromatic heterocycles. The van der Waals surface area contributed by atoms with Crippen molar-refractivity contribution in [2.24, 2.45) is 0 Å². The molecule has 1 saturated carbocycles. The van der Waals surface area contributed by atoms with Gasteiger partial charge in [0.1, 0.15) is 0 Å². The second-order valence-electron chi connectivity index (χ2n) is 7.53. The van der Waals surface area contributed by atoms with Crippen LogP contribution in [0.3, 0.4) is 0 Å². The normalized spacial score (nSPS) is 39.6. The van der Waals surface area contributed by atoms with Gasteiger partial charge >= 0.3 is 5.97 Å². The third-order valence-corrected chi connectivity index (χ3v) is 10.2. The molecule has 0 radical (unpaired) electrons. The summed E-state index contributed by atoms with van der Waals surface area (Å²) in [6.45, 7) is 5.00. The van der Waals surface area contributed by atoms with E-state index < -0.39 is 16.0 Å². The second-order valence-corrected chi connectivity index (χ2v) is 11.0. The lowest BCUT2D eigenvalue weighted by Crippen LogP contribution is -2.50. The molecule has 2 bridgehead atoms. The number of fused-ring (bicyclic) bond motifs is 1. The monoisotopic (exact) mass is 387 g/mol. The van der Waals surface area contributed by atoms with Gasteiger partial charge in [-0.15, -0.1) is 11.8 Å². The highest BCUT2D eigenvalue weighted by Gasteiger charge is 2.68. The van der Waals surface area contributed by atoms with E-state index in [1.807, 2.05) is 0 Å². The molecule has 0 spiro atoms. The van der Waals surface area contributed by atoms with Crippen LogP contribution in [0, 0.1) is 0 Å². The fraction of sp³-hybridized carbons (Fsp3) is 0.824. The molecule has 0 aromatic rings. The Balaban J connectivity index is 1.51. The van der Waals surface area contributed by atoms with Crippen molar-refractivity contribution in [3.05, 3.63) is 12.2 Å². The summed E-state index contributed by atoms with van der Waals surface area (Å²) in [6.07, 6.45) is 5.73. The molecule has 140 valence electrons. The summed E-state index contributed by atoms with van der Waals surface area (Å²) < 4.78 is 38.9. The van der Waals surface area contributed by atoms with Gasteiger partial charge in [-0.2, -0.15) is 4.31 Å². The first-order chi connectivity index (χ1) is 11.9. The molecule has 0 N–H and O–H groups in total. The summed E-state index contributed by atoms with van der Waals surface area (Å²) in [5.74, 6) is -0.475. The van der Waals surface area contributed by atoms with E-state index in [0.717, 1.165) is 25.7 Å². The number of ether oxygens (including phenoxy) is 2. The zero-order valence-electron chi connectivity index (χ0n) is 14.4. The van der Waals surface area contributed by atoms with Crippen LogP contribution in [0.2, 0.25) is 0 Å². The topological polar surface area (TPSA) is 72.9 Å². The summed E-state index contributed by atoms with van der Waals surface area (Å²) >= 11 is 1.75. The van der Waals surface area contributed by atoms with Crippen LogP contribution in [0.1, 0.15) is 45.4 Å². The van der Waals surface area contributed by atoms with Crippen molar-refractivity contribution in [1.82, 2.24) is 4.31 Å². The number of rotatable bonds is 5. The van der Waals surface area contributed by atoms with Crippen molar-refractivity contribution >= 4 is 27.8 Å². The van der Waals surface area contributed by atoms with Gasteiger partial charge in [0.15, 0.2) is 6.79 Å². The Bertz CT molecular complexity index is 673. The Labute approximate surface area is 153 Å². The Morgan fingerprint density at radius 1 is 1.28 bits per heavy atom. The van der Waals surface area contributed by atoms with E-state index in [0.29, 0.717) is 12.0 Å². The van der Waals surface area contributed by atoms with Crippen LogP contribution in [0.5, 0.6) is 0 Å². The SMILES string of the molecule is C=C(C)C(=O)OCOC1C2CC3C(S2)C1N(C1CCCCC1)S3(=O)=O. The Morgan fingerprint density at radius 3 is 2.68 bits per heavy atom. The summed E-state index contributed by atoms with van der Waals surface area (Å²) in [5, 5.41) is 0.0120. The van der Waals surface area contributed by atoms with Gasteiger partial charge in [-0.05, 0) is 26.2 Å². The van der Waals surface area contributed by atoms with E-state index in [4.69, 9.17) is 9.47 Å². The van der Waals surface area contributed by atoms with Crippen LogP contribution in [0.4, 0.5) is 0 Å². The highest BCUT2D eigenvalue weighted by Crippen LogP contribution is 2.58. The summed E-state index contributed by atoms with van der Waals surface area (Å²) in [7, 11) is -3.25. The lowest BCUT2D eigenvalue weighted by Gasteiger charge is -2.36. The molecular formula is C17H25NO5S2. The molecule has 0 aromatic carbocycles. The van der Waals surface area contributed by atoms with Gasteiger partial charge in [0, 0.05) is 22.1 Å². The first-order valence-electron chi connectivity index (χ1n) is 9.03. The number of carbonyl (C=O) groups excluding carboxylic acids is 1. The van der Waals surface area contributed by atoms with E-state index in [-0.39, 0.29) is 40.7 Å². The van der Waals surface area contributed by atoms with Crippen molar-refractivity contribution in [2.45, 2.75) is 79.4 Å². The first kappa shape index (κ1) is 17.8. The van der Waals surface area contributed by atoms with E-state index in [1.54, 1.807) is 23.0 Å². The van der Waals surface area contributed by atoms with Crippen LogP contribution in [-0.2, 0) is 24.3 Å². The maximum atomic E-state index is 13.1. The predicted octanol–water partition coefficient (Wildman–Crippen LogP) is 2.05. The number of thioether (sulfide) groups is 1. The molecule has 5 unspecified atom stereocenters. The summed E-state index contributed by atoms with van der Waals surface area (Å²) in [5.41, 5.74) is 0.332. The number of sulfonamides is 1. The number of hydrogen-bond donors (Lipinski definition) is 0. The molecular weight excluding hydrogens is 362 g/mol. The molecule has 0 amide bonds. The van der Waals surface area contributed by atoms with Gasteiger partial charge < -0.3 is 9.47 Å². The molecule has 4 rings (SSSR count). The number of hydrogen-bond acceptors (Lipinski definition) is 6. The zero-order valence-corrected chi connectivity index (χ0v) is 16.1. The highest BCUT2D eigenvalue weighted by atomic mass is 32.2. The third kappa shape index (κ3) is 2.85. The van der Waals surface area contributed by atoms with Crippen molar-refractivity contribution in [3.8, 4) is 0 Å². The number of carbonyl (C=O) groups is 1. The van der Waals surface area contributed by atoms with Crippen molar-refractivity contribution in [2.75, 3.05) is 6.79 Å². The number of nitrogens with zero attached hydrogens (tertiary/aromatic N) is 1. The largest absolute Gasteiger partial charge is 0.435 e. The smallest absolute Gasteiger partial charge is 0.335 e. The Hall–Kier alpha value is -0.570. The van der Waals surface area contributed by atoms with E-state index in [9.17, 15) is 13.2 Å². The van der Waals surface area contributed by atoms with Gasteiger partial charge in [0.05, 0.1) is 17.4 Å². The van der Waals surface area contributed by atoms with Crippen molar-refractivity contribution < 1.29 is 22.7 Å². The third-order valence-electron chi connectivity index (χ3n) is 5.91. The minimum atomic E-state index is -3.25. The van der Waals surface area contributed by atoms with Gasteiger partial charge in [-0.25, -0.2) is 13.2 Å². The van der Waals surface area contributed by atoms with Gasteiger partial charge in [-0.1, -0.05) is 25.8 Å². The molecule has 6 nitrogen and oxygen atoms in total. The van der Waals surface area contributed by atoms with Crippen LogP contribution in [0.25, 0.3) is 0 Å². The molecule has 8 heteroatoms. The lowest BCUT2D eigenvalue weighted by atomic mass is 9.89. The van der Waals surface area contributed by atoms with E-state index >= 15 is 0 Å². The van der Waals surface area contributed by atoms with Gasteiger partial charge in [0.25, 0.3) is 0 Å². The molecule has 4 fully saturated rings. The Morgan fingerprint density at radius 2 is 2.00 bits per heavy atom. The van der Waals surface area contributed by atoms with Crippen LogP contribution < -0.4 is 0 Å². The van der Waals surface area contributed by atoms with Gasteiger partial charge in [0.2, 0.25) is 10.0 Å². The van der Waals surface area contributed by atoms with Crippen LogP contribution >= 0.6 is 11.8 Å². The van der Waals surface area contributed by atoms with Gasteiger partial charge in [-0.3, -0.25) is 0 Å². The van der Waals surface area contributed by atoms with Crippen LogP contribution in [0.15, 0.2) is 12.2 Å². The quantitative estimate of drug-likeness (QED) is 0.408. The second kappa shape index (κ2) is 6.55. The molecule has 4 aliphatic rings. The Kier molecular flexibility index (Phi) is 4.67. The van der Waals surface area contributed by atoms with Crippen LogP contribution in [-0.4, -0.2) is 59.4 Å². The van der Waals surface area contributed by atoms with Crippen molar-refractivity contribution in [1.29, 1.82) is 0 Å². The minimum absolute atomic E-state index is 0.0961. The fourth-order valence-corrected chi connectivity index (χ4v) is 9.96. The van der Waals surface area contributed by atoms with Crippen molar-refractivity contribution in [3.63, 3.8) is 0 Å². The maximum Gasteiger partial charge on any atom is 0.335 e. The maximum absolute atomic E-state index is 13.1. The average molecular weight is 388 g/mol. The summed E-state index contributed by atoms with van der Waals surface area (Å²) in [4.78, 5) is 11.5. The van der Waals surface area contributed by atoms with E-state index in [1.165, 1.54) is 6.42 Å². The number of esters is 1. The predicted molar refractivity (Wildman–Crippen MR) is 95.6 cm³/mol. The molecule has 3 saturated heterocycles. The standard InChI is InChI=1S/C17H25NO5S2/c1-10(2)17(19)23-9-22-15-12-8-13-16(24-12)14(15)18(25(13,20)21)11-6-4-3-5-7-11/h11-16H,1,3-9H2,2H3.